The quantitative estimate of drug-likeness (QED) is 0.786. The molecular formula is C17H23N3O. The molecule has 0 atom stereocenters. The summed E-state index contributed by atoms with van der Waals surface area (Å²) in [7, 11) is 4.09. The minimum absolute atomic E-state index is 0.0486. The minimum atomic E-state index is -0.0486. The van der Waals surface area contributed by atoms with E-state index in [4.69, 9.17) is 0 Å². The van der Waals surface area contributed by atoms with Gasteiger partial charge < -0.3 is 9.80 Å². The summed E-state index contributed by atoms with van der Waals surface area (Å²) in [5.41, 5.74) is 2.53. The van der Waals surface area contributed by atoms with E-state index in [1.165, 1.54) is 11.3 Å². The first-order valence-electron chi connectivity index (χ1n) is 7.30. The van der Waals surface area contributed by atoms with E-state index in [1.807, 2.05) is 19.0 Å². The minimum Gasteiger partial charge on any atom is -0.378 e. The fourth-order valence-corrected chi connectivity index (χ4v) is 2.45. The van der Waals surface area contributed by atoms with Crippen molar-refractivity contribution in [1.82, 2.24) is 9.80 Å². The van der Waals surface area contributed by atoms with Crippen LogP contribution < -0.4 is 4.90 Å². The number of hydrogen-bond donors (Lipinski definition) is 0. The van der Waals surface area contributed by atoms with Crippen LogP contribution in [-0.2, 0) is 11.3 Å². The van der Waals surface area contributed by atoms with Crippen molar-refractivity contribution < 1.29 is 4.79 Å². The predicted molar refractivity (Wildman–Crippen MR) is 86.1 cm³/mol. The lowest BCUT2D eigenvalue weighted by molar-refractivity contribution is -0.126. The second-order valence-electron chi connectivity index (χ2n) is 5.50. The van der Waals surface area contributed by atoms with Gasteiger partial charge in [-0.25, -0.2) is 0 Å². The molecule has 112 valence electrons. The number of anilines is 1. The molecule has 1 aliphatic rings. The van der Waals surface area contributed by atoms with Crippen molar-refractivity contribution in [2.45, 2.75) is 13.5 Å². The summed E-state index contributed by atoms with van der Waals surface area (Å²) >= 11 is 0. The number of carbonyl (C=O) groups is 1. The van der Waals surface area contributed by atoms with E-state index < -0.39 is 0 Å². The van der Waals surface area contributed by atoms with Crippen LogP contribution in [0.3, 0.4) is 0 Å². The fraction of sp³-hybridized carbons (Fsp3) is 0.471. The zero-order chi connectivity index (χ0) is 15.2. The van der Waals surface area contributed by atoms with Crippen LogP contribution in [0.25, 0.3) is 0 Å². The van der Waals surface area contributed by atoms with Crippen molar-refractivity contribution in [1.29, 1.82) is 0 Å². The number of benzene rings is 1. The van der Waals surface area contributed by atoms with E-state index in [9.17, 15) is 4.79 Å². The Hall–Kier alpha value is -1.99. The SMILES string of the molecule is CC#CC(=O)N1CCN(Cc2ccc(N(C)C)cc2)CC1. The molecule has 1 saturated heterocycles. The number of rotatable bonds is 3. The molecule has 1 fully saturated rings. The smallest absolute Gasteiger partial charge is 0.298 e. The van der Waals surface area contributed by atoms with Crippen LogP contribution in [0, 0.1) is 11.8 Å². The highest BCUT2D eigenvalue weighted by Gasteiger charge is 2.19. The van der Waals surface area contributed by atoms with Gasteiger partial charge in [-0.2, -0.15) is 0 Å². The molecule has 0 unspecified atom stereocenters. The molecule has 0 aliphatic carbocycles. The molecule has 0 saturated carbocycles. The Labute approximate surface area is 127 Å². The molecule has 4 nitrogen and oxygen atoms in total. The average molecular weight is 285 g/mol. The predicted octanol–water partition coefficient (Wildman–Crippen LogP) is 1.42. The average Bonchev–Trinajstić information content (AvgIpc) is 2.49. The highest BCUT2D eigenvalue weighted by Crippen LogP contribution is 2.14. The molecule has 21 heavy (non-hydrogen) atoms. The Bertz CT molecular complexity index is 531. The van der Waals surface area contributed by atoms with Gasteiger partial charge in [0, 0.05) is 52.5 Å². The highest BCUT2D eigenvalue weighted by atomic mass is 16.2. The Kier molecular flexibility index (Phi) is 5.24. The molecule has 1 aromatic carbocycles. The molecule has 1 amide bonds. The van der Waals surface area contributed by atoms with E-state index >= 15 is 0 Å². The van der Waals surface area contributed by atoms with Gasteiger partial charge >= 0.3 is 0 Å². The van der Waals surface area contributed by atoms with E-state index in [0.717, 1.165) is 32.7 Å². The fourth-order valence-electron chi connectivity index (χ4n) is 2.45. The second kappa shape index (κ2) is 7.14. The molecule has 1 heterocycles. The topological polar surface area (TPSA) is 26.8 Å². The normalized spacial score (nSPS) is 15.3. The maximum atomic E-state index is 11.7. The van der Waals surface area contributed by atoms with Gasteiger partial charge in [-0.15, -0.1) is 0 Å². The van der Waals surface area contributed by atoms with Crippen LogP contribution in [0.2, 0.25) is 0 Å². The monoisotopic (exact) mass is 285 g/mol. The summed E-state index contributed by atoms with van der Waals surface area (Å²) < 4.78 is 0. The molecule has 0 radical (unpaired) electrons. The third-order valence-corrected chi connectivity index (χ3v) is 3.75. The highest BCUT2D eigenvalue weighted by molar-refractivity contribution is 5.93. The Morgan fingerprint density at radius 3 is 2.29 bits per heavy atom. The van der Waals surface area contributed by atoms with E-state index in [-0.39, 0.29) is 5.91 Å². The van der Waals surface area contributed by atoms with Gasteiger partial charge in [0.1, 0.15) is 0 Å². The third-order valence-electron chi connectivity index (χ3n) is 3.75. The summed E-state index contributed by atoms with van der Waals surface area (Å²) in [5.74, 6) is 5.23. The first kappa shape index (κ1) is 15.4. The van der Waals surface area contributed by atoms with Crippen LogP contribution in [0.1, 0.15) is 12.5 Å². The molecule has 0 spiro atoms. The number of hydrogen-bond acceptors (Lipinski definition) is 3. The van der Waals surface area contributed by atoms with E-state index in [0.29, 0.717) is 0 Å². The van der Waals surface area contributed by atoms with Crippen molar-refractivity contribution in [2.75, 3.05) is 45.2 Å². The zero-order valence-corrected chi connectivity index (χ0v) is 13.1. The number of piperazine rings is 1. The van der Waals surface area contributed by atoms with Gasteiger partial charge in [-0.3, -0.25) is 9.69 Å². The molecule has 1 aromatic rings. The number of amides is 1. The molecule has 0 N–H and O–H groups in total. The van der Waals surface area contributed by atoms with Gasteiger partial charge in [0.05, 0.1) is 0 Å². The second-order valence-corrected chi connectivity index (χ2v) is 5.50. The van der Waals surface area contributed by atoms with Gasteiger partial charge in [0.25, 0.3) is 5.91 Å². The zero-order valence-electron chi connectivity index (χ0n) is 13.1. The Morgan fingerprint density at radius 1 is 1.14 bits per heavy atom. The van der Waals surface area contributed by atoms with Crippen molar-refractivity contribution in [2.24, 2.45) is 0 Å². The van der Waals surface area contributed by atoms with E-state index in [2.05, 4.69) is 45.9 Å². The van der Waals surface area contributed by atoms with Crippen molar-refractivity contribution in [3.8, 4) is 11.8 Å². The lowest BCUT2D eigenvalue weighted by Crippen LogP contribution is -2.47. The van der Waals surface area contributed by atoms with Crippen molar-refractivity contribution in [3.05, 3.63) is 29.8 Å². The maximum absolute atomic E-state index is 11.7. The van der Waals surface area contributed by atoms with E-state index in [1.54, 1.807) is 6.92 Å². The lowest BCUT2D eigenvalue weighted by atomic mass is 10.1. The number of carbonyl (C=O) groups excluding carboxylic acids is 1. The van der Waals surface area contributed by atoms with Crippen LogP contribution in [-0.4, -0.2) is 56.0 Å². The van der Waals surface area contributed by atoms with Crippen LogP contribution in [0.5, 0.6) is 0 Å². The molecule has 4 heteroatoms. The standard InChI is InChI=1S/C17H23N3O/c1-4-5-17(21)20-12-10-19(11-13-20)14-15-6-8-16(9-7-15)18(2)3/h6-9H,10-14H2,1-3H3. The Morgan fingerprint density at radius 2 is 1.76 bits per heavy atom. The number of nitrogens with zero attached hydrogens (tertiary/aromatic N) is 3. The summed E-state index contributed by atoms with van der Waals surface area (Å²) in [6.07, 6.45) is 0. The first-order valence-corrected chi connectivity index (χ1v) is 7.30. The lowest BCUT2D eigenvalue weighted by Gasteiger charge is -2.33. The van der Waals surface area contributed by atoms with Gasteiger partial charge in [0.2, 0.25) is 0 Å². The maximum Gasteiger partial charge on any atom is 0.298 e. The largest absolute Gasteiger partial charge is 0.378 e. The molecule has 0 aromatic heterocycles. The van der Waals surface area contributed by atoms with Gasteiger partial charge in [0.15, 0.2) is 0 Å². The Balaban J connectivity index is 1.85. The van der Waals surface area contributed by atoms with Crippen LogP contribution >= 0.6 is 0 Å². The third kappa shape index (κ3) is 4.24. The van der Waals surface area contributed by atoms with Crippen LogP contribution in [0.15, 0.2) is 24.3 Å². The molecule has 0 bridgehead atoms. The summed E-state index contributed by atoms with van der Waals surface area (Å²) in [6, 6.07) is 8.64. The van der Waals surface area contributed by atoms with Gasteiger partial charge in [-0.1, -0.05) is 18.1 Å². The van der Waals surface area contributed by atoms with Crippen molar-refractivity contribution >= 4 is 11.6 Å². The summed E-state index contributed by atoms with van der Waals surface area (Å²) in [6.45, 7) is 5.99. The summed E-state index contributed by atoms with van der Waals surface area (Å²) in [5, 5.41) is 0. The van der Waals surface area contributed by atoms with Crippen LogP contribution in [0.4, 0.5) is 5.69 Å². The van der Waals surface area contributed by atoms with Crippen molar-refractivity contribution in [3.63, 3.8) is 0 Å². The first-order chi connectivity index (χ1) is 10.1. The summed E-state index contributed by atoms with van der Waals surface area (Å²) in [4.78, 5) is 18.0. The molecular weight excluding hydrogens is 262 g/mol. The molecule has 1 aliphatic heterocycles. The van der Waals surface area contributed by atoms with Gasteiger partial charge in [-0.05, 0) is 30.5 Å². The molecule has 2 rings (SSSR count).